The molecule has 0 amide bonds. The highest BCUT2D eigenvalue weighted by Gasteiger charge is 2.51. The van der Waals surface area contributed by atoms with Gasteiger partial charge >= 0.3 is 0 Å². The fourth-order valence-electron chi connectivity index (χ4n) is 4.35. The first-order valence-corrected chi connectivity index (χ1v) is 9.56. The lowest BCUT2D eigenvalue weighted by Gasteiger charge is -2.50. The topological polar surface area (TPSA) is 46.2 Å². The lowest BCUT2D eigenvalue weighted by molar-refractivity contribution is 0.0643. The van der Waals surface area contributed by atoms with Crippen LogP contribution in [0.3, 0.4) is 0 Å². The van der Waals surface area contributed by atoms with E-state index in [0.717, 1.165) is 25.8 Å². The molecule has 3 atom stereocenters. The summed E-state index contributed by atoms with van der Waals surface area (Å²) in [7, 11) is -2.89. The molecule has 2 aliphatic rings. The van der Waals surface area contributed by atoms with Crippen molar-refractivity contribution in [3.05, 3.63) is 0 Å². The summed E-state index contributed by atoms with van der Waals surface area (Å²) in [6, 6.07) is 0. The second-order valence-electron chi connectivity index (χ2n) is 7.57. The molecule has 2 rings (SSSR count). The summed E-state index contributed by atoms with van der Waals surface area (Å²) in [6.07, 6.45) is 7.76. The molecule has 1 heterocycles. The second kappa shape index (κ2) is 5.03. The van der Waals surface area contributed by atoms with Crippen molar-refractivity contribution in [1.29, 1.82) is 0 Å². The first-order chi connectivity index (χ1) is 8.67. The van der Waals surface area contributed by atoms with E-state index in [1.165, 1.54) is 25.5 Å². The van der Waals surface area contributed by atoms with Crippen molar-refractivity contribution < 1.29 is 8.42 Å². The van der Waals surface area contributed by atoms with Crippen LogP contribution < -0.4 is 5.32 Å². The van der Waals surface area contributed by atoms with Crippen LogP contribution in [0.4, 0.5) is 0 Å². The van der Waals surface area contributed by atoms with Crippen LogP contribution in [0.15, 0.2) is 0 Å². The lowest BCUT2D eigenvalue weighted by Crippen LogP contribution is -2.58. The average molecular weight is 287 g/mol. The number of rotatable bonds is 2. The van der Waals surface area contributed by atoms with Crippen LogP contribution >= 0.6 is 0 Å². The molecular weight excluding hydrogens is 258 g/mol. The third-order valence-corrected chi connectivity index (χ3v) is 7.09. The summed E-state index contributed by atoms with van der Waals surface area (Å²) in [4.78, 5) is 0. The van der Waals surface area contributed by atoms with Gasteiger partial charge in [0.1, 0.15) is 9.84 Å². The van der Waals surface area contributed by atoms with E-state index in [0.29, 0.717) is 5.92 Å². The van der Waals surface area contributed by atoms with Gasteiger partial charge in [-0.3, -0.25) is 0 Å². The van der Waals surface area contributed by atoms with Gasteiger partial charge < -0.3 is 5.32 Å². The minimum Gasteiger partial charge on any atom is -0.310 e. The molecule has 0 spiro atoms. The van der Waals surface area contributed by atoms with E-state index >= 15 is 0 Å². The van der Waals surface area contributed by atoms with Crippen molar-refractivity contribution in [3.63, 3.8) is 0 Å². The normalized spacial score (nSPS) is 37.5. The minimum absolute atomic E-state index is 0.118. The standard InChI is InChI=1S/C15H29NO2S/c1-14(2,3)15(9-6-10-16-15)12-7-5-8-13(11-12)19(4,17)18/h12-13,16H,5-11H2,1-4H3. The van der Waals surface area contributed by atoms with Crippen molar-refractivity contribution in [2.24, 2.45) is 11.3 Å². The predicted molar refractivity (Wildman–Crippen MR) is 80.0 cm³/mol. The quantitative estimate of drug-likeness (QED) is 0.849. The third kappa shape index (κ3) is 2.85. The molecule has 1 saturated carbocycles. The Morgan fingerprint density at radius 1 is 1.16 bits per heavy atom. The van der Waals surface area contributed by atoms with Crippen molar-refractivity contribution in [2.75, 3.05) is 12.8 Å². The molecule has 0 aromatic rings. The molecule has 0 aromatic carbocycles. The highest BCUT2D eigenvalue weighted by molar-refractivity contribution is 7.91. The molecule has 1 N–H and O–H groups in total. The summed E-state index contributed by atoms with van der Waals surface area (Å²) in [5.41, 5.74) is 0.323. The van der Waals surface area contributed by atoms with E-state index < -0.39 is 9.84 Å². The average Bonchev–Trinajstić information content (AvgIpc) is 2.77. The Labute approximate surface area is 118 Å². The van der Waals surface area contributed by atoms with Gasteiger partial charge in [-0.25, -0.2) is 8.42 Å². The van der Waals surface area contributed by atoms with Gasteiger partial charge in [0.15, 0.2) is 0 Å². The van der Waals surface area contributed by atoms with Crippen LogP contribution in [0.5, 0.6) is 0 Å². The summed E-state index contributed by atoms with van der Waals surface area (Å²) in [5, 5.41) is 3.64. The predicted octanol–water partition coefficient (Wildman–Crippen LogP) is 2.76. The van der Waals surface area contributed by atoms with Crippen LogP contribution in [0.1, 0.15) is 59.3 Å². The molecule has 0 bridgehead atoms. The Balaban J connectivity index is 2.24. The van der Waals surface area contributed by atoms with E-state index in [4.69, 9.17) is 0 Å². The van der Waals surface area contributed by atoms with Crippen LogP contribution in [0.2, 0.25) is 0 Å². The maximum absolute atomic E-state index is 11.9. The summed E-state index contributed by atoms with van der Waals surface area (Å²) < 4.78 is 23.8. The molecule has 0 radical (unpaired) electrons. The number of hydrogen-bond donors (Lipinski definition) is 1. The molecular formula is C15H29NO2S. The van der Waals surface area contributed by atoms with Crippen molar-refractivity contribution in [2.45, 2.75) is 70.1 Å². The SMILES string of the molecule is CC(C)(C)C1(C2CCCC(S(C)(=O)=O)C2)CCCN1. The maximum atomic E-state index is 11.9. The zero-order valence-electron chi connectivity index (χ0n) is 12.8. The molecule has 4 heteroatoms. The van der Waals surface area contributed by atoms with Gasteiger partial charge in [-0.15, -0.1) is 0 Å². The summed E-state index contributed by atoms with van der Waals surface area (Å²) in [5.74, 6) is 0.503. The van der Waals surface area contributed by atoms with E-state index in [1.54, 1.807) is 0 Å². The third-order valence-electron chi connectivity index (χ3n) is 5.46. The van der Waals surface area contributed by atoms with E-state index in [-0.39, 0.29) is 16.2 Å². The van der Waals surface area contributed by atoms with Crippen LogP contribution in [0.25, 0.3) is 0 Å². The summed E-state index contributed by atoms with van der Waals surface area (Å²) in [6.45, 7) is 7.98. The van der Waals surface area contributed by atoms with Gasteiger partial charge in [0.25, 0.3) is 0 Å². The first kappa shape index (κ1) is 15.3. The van der Waals surface area contributed by atoms with Crippen molar-refractivity contribution in [1.82, 2.24) is 5.32 Å². The van der Waals surface area contributed by atoms with Crippen LogP contribution in [0, 0.1) is 11.3 Å². The Morgan fingerprint density at radius 2 is 1.84 bits per heavy atom. The lowest BCUT2D eigenvalue weighted by atomic mass is 9.61. The monoisotopic (exact) mass is 287 g/mol. The number of nitrogens with one attached hydrogen (secondary N) is 1. The Kier molecular flexibility index (Phi) is 4.05. The van der Waals surface area contributed by atoms with E-state index in [1.807, 2.05) is 0 Å². The molecule has 3 nitrogen and oxygen atoms in total. The van der Waals surface area contributed by atoms with E-state index in [9.17, 15) is 8.42 Å². The fourth-order valence-corrected chi connectivity index (χ4v) is 5.53. The highest BCUT2D eigenvalue weighted by atomic mass is 32.2. The Morgan fingerprint density at radius 3 is 2.32 bits per heavy atom. The zero-order chi connectivity index (χ0) is 14.3. The molecule has 1 saturated heterocycles. The molecule has 3 unspecified atom stereocenters. The molecule has 19 heavy (non-hydrogen) atoms. The van der Waals surface area contributed by atoms with Gasteiger partial charge in [0, 0.05) is 11.8 Å². The largest absolute Gasteiger partial charge is 0.310 e. The molecule has 2 fully saturated rings. The molecule has 1 aliphatic carbocycles. The summed E-state index contributed by atoms with van der Waals surface area (Å²) >= 11 is 0. The van der Waals surface area contributed by atoms with Gasteiger partial charge in [-0.1, -0.05) is 27.2 Å². The van der Waals surface area contributed by atoms with Crippen molar-refractivity contribution >= 4 is 9.84 Å². The van der Waals surface area contributed by atoms with Crippen LogP contribution in [-0.2, 0) is 9.84 Å². The van der Waals surface area contributed by atoms with Gasteiger partial charge in [-0.2, -0.15) is 0 Å². The second-order valence-corrected chi connectivity index (χ2v) is 9.89. The van der Waals surface area contributed by atoms with E-state index in [2.05, 4.69) is 26.1 Å². The minimum atomic E-state index is -2.89. The molecule has 112 valence electrons. The highest BCUT2D eigenvalue weighted by Crippen LogP contribution is 2.48. The smallest absolute Gasteiger partial charge is 0.150 e. The maximum Gasteiger partial charge on any atom is 0.150 e. The van der Waals surface area contributed by atoms with Crippen LogP contribution in [-0.4, -0.2) is 32.0 Å². The van der Waals surface area contributed by atoms with Gasteiger partial charge in [0.2, 0.25) is 0 Å². The van der Waals surface area contributed by atoms with Gasteiger partial charge in [-0.05, 0) is 50.0 Å². The Bertz CT molecular complexity index is 416. The first-order valence-electron chi connectivity index (χ1n) is 7.61. The number of hydrogen-bond acceptors (Lipinski definition) is 3. The Hall–Kier alpha value is -0.0900. The zero-order valence-corrected chi connectivity index (χ0v) is 13.6. The van der Waals surface area contributed by atoms with Gasteiger partial charge in [0.05, 0.1) is 5.25 Å². The fraction of sp³-hybridized carbons (Fsp3) is 1.00. The number of sulfone groups is 1. The van der Waals surface area contributed by atoms with Crippen molar-refractivity contribution in [3.8, 4) is 0 Å². The molecule has 0 aromatic heterocycles. The molecule has 1 aliphatic heterocycles.